The van der Waals surface area contributed by atoms with Crippen LogP contribution in [0, 0.1) is 12.8 Å². The van der Waals surface area contributed by atoms with Crippen molar-refractivity contribution >= 4 is 17.0 Å². The van der Waals surface area contributed by atoms with E-state index in [1.807, 2.05) is 26.8 Å². The van der Waals surface area contributed by atoms with E-state index in [0.717, 1.165) is 25.2 Å². The average Bonchev–Trinajstić information content (AvgIpc) is 2.90. The molecule has 0 aliphatic carbocycles. The van der Waals surface area contributed by atoms with Gasteiger partial charge in [-0.05, 0) is 44.3 Å². The van der Waals surface area contributed by atoms with Crippen molar-refractivity contribution in [1.82, 2.24) is 20.8 Å². The number of aromatic nitrogens is 2. The summed E-state index contributed by atoms with van der Waals surface area (Å²) in [5.74, 6) is 0.566. The second-order valence-corrected chi connectivity index (χ2v) is 6.75. The second-order valence-electron chi connectivity index (χ2n) is 6.75. The van der Waals surface area contributed by atoms with E-state index in [4.69, 9.17) is 4.52 Å². The zero-order valence-electron chi connectivity index (χ0n) is 14.1. The van der Waals surface area contributed by atoms with Crippen molar-refractivity contribution in [3.05, 3.63) is 23.0 Å². The van der Waals surface area contributed by atoms with E-state index in [0.29, 0.717) is 28.3 Å². The molecule has 124 valence electrons. The highest BCUT2D eigenvalue weighted by molar-refractivity contribution is 6.06. The Morgan fingerprint density at radius 3 is 2.96 bits per heavy atom. The number of carbonyl (C=O) groups excluding carboxylic acids is 1. The predicted molar refractivity (Wildman–Crippen MR) is 88.5 cm³/mol. The van der Waals surface area contributed by atoms with Crippen LogP contribution in [0.25, 0.3) is 11.1 Å². The van der Waals surface area contributed by atoms with E-state index < -0.39 is 0 Å². The van der Waals surface area contributed by atoms with Crippen molar-refractivity contribution in [1.29, 1.82) is 0 Å². The maximum Gasteiger partial charge on any atom is 0.259 e. The molecule has 6 nitrogen and oxygen atoms in total. The first-order chi connectivity index (χ1) is 11.0. The summed E-state index contributed by atoms with van der Waals surface area (Å²) in [5.41, 5.74) is 2.60. The molecule has 2 aromatic heterocycles. The highest BCUT2D eigenvalue weighted by Gasteiger charge is 2.25. The summed E-state index contributed by atoms with van der Waals surface area (Å²) >= 11 is 0. The molecule has 2 unspecified atom stereocenters. The van der Waals surface area contributed by atoms with Gasteiger partial charge in [0.05, 0.1) is 16.6 Å². The lowest BCUT2D eigenvalue weighted by molar-refractivity contribution is 0.0915. The van der Waals surface area contributed by atoms with E-state index in [9.17, 15) is 4.79 Å². The molecule has 23 heavy (non-hydrogen) atoms. The van der Waals surface area contributed by atoms with Gasteiger partial charge < -0.3 is 15.2 Å². The summed E-state index contributed by atoms with van der Waals surface area (Å²) in [5, 5.41) is 11.2. The predicted octanol–water partition coefficient (Wildman–Crippen LogP) is 2.38. The molecule has 3 heterocycles. The van der Waals surface area contributed by atoms with Crippen molar-refractivity contribution in [2.45, 2.75) is 46.1 Å². The Labute approximate surface area is 136 Å². The molecule has 2 aromatic rings. The number of piperidine rings is 1. The Bertz CT molecular complexity index is 723. The Balaban J connectivity index is 1.96. The molecule has 0 bridgehead atoms. The third-order valence-corrected chi connectivity index (χ3v) is 4.57. The van der Waals surface area contributed by atoms with Gasteiger partial charge in [-0.3, -0.25) is 4.79 Å². The summed E-state index contributed by atoms with van der Waals surface area (Å²) in [6, 6.07) is 2.06. The lowest BCUT2D eigenvalue weighted by Crippen LogP contribution is -2.48. The van der Waals surface area contributed by atoms with Crippen molar-refractivity contribution < 1.29 is 9.32 Å². The van der Waals surface area contributed by atoms with Crippen LogP contribution in [0.4, 0.5) is 0 Å². The first kappa shape index (κ1) is 15.9. The average molecular weight is 316 g/mol. The number of rotatable bonds is 3. The van der Waals surface area contributed by atoms with Crippen LogP contribution < -0.4 is 10.6 Å². The first-order valence-electron chi connectivity index (χ1n) is 8.26. The smallest absolute Gasteiger partial charge is 0.259 e. The van der Waals surface area contributed by atoms with E-state index in [2.05, 4.69) is 27.7 Å². The van der Waals surface area contributed by atoms with Gasteiger partial charge in [0.1, 0.15) is 0 Å². The molecule has 0 aromatic carbocycles. The van der Waals surface area contributed by atoms with Gasteiger partial charge in [-0.15, -0.1) is 0 Å². The second kappa shape index (κ2) is 6.28. The van der Waals surface area contributed by atoms with Gasteiger partial charge >= 0.3 is 0 Å². The molecule has 1 amide bonds. The number of hydrogen-bond acceptors (Lipinski definition) is 5. The number of carbonyl (C=O) groups is 1. The van der Waals surface area contributed by atoms with Gasteiger partial charge in [0.2, 0.25) is 0 Å². The molecule has 2 N–H and O–H groups in total. The molecule has 2 atom stereocenters. The Morgan fingerprint density at radius 2 is 2.26 bits per heavy atom. The largest absolute Gasteiger partial charge is 0.349 e. The van der Waals surface area contributed by atoms with Crippen LogP contribution in [-0.2, 0) is 0 Å². The van der Waals surface area contributed by atoms with Gasteiger partial charge in [0, 0.05) is 11.7 Å². The van der Waals surface area contributed by atoms with Gasteiger partial charge in [-0.25, -0.2) is 4.98 Å². The Kier molecular flexibility index (Phi) is 4.35. The van der Waals surface area contributed by atoms with Crippen molar-refractivity contribution in [2.24, 2.45) is 5.92 Å². The molecule has 0 saturated carbocycles. The number of pyridine rings is 1. The SMILES string of the molecule is Cc1noc2nc(C(C)C)cc(C(=O)NC3CCNCC3C)c12. The van der Waals surface area contributed by atoms with Crippen LogP contribution in [0.3, 0.4) is 0 Å². The highest BCUT2D eigenvalue weighted by Crippen LogP contribution is 2.25. The minimum atomic E-state index is -0.0654. The fourth-order valence-corrected chi connectivity index (χ4v) is 3.06. The fourth-order valence-electron chi connectivity index (χ4n) is 3.06. The molecule has 1 saturated heterocycles. The summed E-state index contributed by atoms with van der Waals surface area (Å²) in [4.78, 5) is 17.3. The first-order valence-corrected chi connectivity index (χ1v) is 8.26. The van der Waals surface area contributed by atoms with E-state index in [-0.39, 0.29) is 17.9 Å². The van der Waals surface area contributed by atoms with Crippen molar-refractivity contribution in [3.63, 3.8) is 0 Å². The lowest BCUT2D eigenvalue weighted by Gasteiger charge is -2.30. The maximum atomic E-state index is 12.9. The molecule has 0 radical (unpaired) electrons. The third kappa shape index (κ3) is 3.08. The van der Waals surface area contributed by atoms with Gasteiger partial charge in [0.15, 0.2) is 0 Å². The van der Waals surface area contributed by atoms with Crippen LogP contribution in [0.5, 0.6) is 0 Å². The summed E-state index contributed by atoms with van der Waals surface area (Å²) < 4.78 is 5.29. The lowest BCUT2D eigenvalue weighted by atomic mass is 9.94. The van der Waals surface area contributed by atoms with E-state index in [1.54, 1.807) is 0 Å². The molecule has 1 fully saturated rings. The zero-order valence-corrected chi connectivity index (χ0v) is 14.1. The summed E-state index contributed by atoms with van der Waals surface area (Å²) in [7, 11) is 0. The monoisotopic (exact) mass is 316 g/mol. The van der Waals surface area contributed by atoms with Gasteiger partial charge in [-0.1, -0.05) is 25.9 Å². The summed E-state index contributed by atoms with van der Waals surface area (Å²) in [6.45, 7) is 9.96. The standard InChI is InChI=1S/C17H24N4O2/c1-9(2)14-7-12(15-11(4)21-23-17(15)20-14)16(22)19-13-5-6-18-8-10(13)3/h7,9-10,13,18H,5-6,8H2,1-4H3,(H,19,22). The molecule has 1 aliphatic rings. The van der Waals surface area contributed by atoms with Crippen LogP contribution in [0.1, 0.15) is 54.9 Å². The van der Waals surface area contributed by atoms with Gasteiger partial charge in [-0.2, -0.15) is 0 Å². The van der Waals surface area contributed by atoms with Crippen LogP contribution in [0.2, 0.25) is 0 Å². The minimum Gasteiger partial charge on any atom is -0.349 e. The van der Waals surface area contributed by atoms with Gasteiger partial charge in [0.25, 0.3) is 11.6 Å². The number of fused-ring (bicyclic) bond motifs is 1. The van der Waals surface area contributed by atoms with Crippen molar-refractivity contribution in [2.75, 3.05) is 13.1 Å². The molecule has 1 aliphatic heterocycles. The third-order valence-electron chi connectivity index (χ3n) is 4.57. The topological polar surface area (TPSA) is 80.0 Å². The molecule has 0 spiro atoms. The zero-order chi connectivity index (χ0) is 16.6. The maximum absolute atomic E-state index is 12.9. The van der Waals surface area contributed by atoms with E-state index in [1.165, 1.54) is 0 Å². The number of nitrogens with one attached hydrogen (secondary N) is 2. The molecular formula is C17H24N4O2. The van der Waals surface area contributed by atoms with Crippen LogP contribution in [-0.4, -0.2) is 35.2 Å². The fraction of sp³-hybridized carbons (Fsp3) is 0.588. The Hall–Kier alpha value is -1.95. The minimum absolute atomic E-state index is 0.0654. The van der Waals surface area contributed by atoms with Crippen LogP contribution >= 0.6 is 0 Å². The number of nitrogens with zero attached hydrogens (tertiary/aromatic N) is 2. The molecular weight excluding hydrogens is 292 g/mol. The summed E-state index contributed by atoms with van der Waals surface area (Å²) in [6.07, 6.45) is 0.945. The normalized spacial score (nSPS) is 21.8. The van der Waals surface area contributed by atoms with Crippen LogP contribution in [0.15, 0.2) is 10.6 Å². The molecule has 3 rings (SSSR count). The van der Waals surface area contributed by atoms with E-state index >= 15 is 0 Å². The Morgan fingerprint density at radius 1 is 1.48 bits per heavy atom. The van der Waals surface area contributed by atoms with Crippen molar-refractivity contribution in [3.8, 4) is 0 Å². The quantitative estimate of drug-likeness (QED) is 0.909. The molecule has 6 heteroatoms. The highest BCUT2D eigenvalue weighted by atomic mass is 16.5. The number of amides is 1. The number of aryl methyl sites for hydroxylation is 1. The number of hydrogen-bond donors (Lipinski definition) is 2.